The van der Waals surface area contributed by atoms with Crippen LogP contribution in [-0.2, 0) is 14.6 Å². The third-order valence-electron chi connectivity index (χ3n) is 4.45. The number of nitro groups is 1. The molecule has 2 rings (SSSR count). The quantitative estimate of drug-likeness (QED) is 0.427. The van der Waals surface area contributed by atoms with E-state index in [2.05, 4.69) is 5.32 Å². The Morgan fingerprint density at radius 2 is 1.81 bits per heavy atom. The Kier molecular flexibility index (Phi) is 8.17. The fourth-order valence-electron chi connectivity index (χ4n) is 2.74. The average Bonchev–Trinajstić information content (AvgIpc) is 2.73. The number of rotatable bonds is 9. The molecule has 0 spiro atoms. The maximum atomic E-state index is 12.6. The van der Waals surface area contributed by atoms with Gasteiger partial charge in [0, 0.05) is 42.7 Å². The number of nitro benzene ring substituents is 1. The molecule has 0 heterocycles. The van der Waals surface area contributed by atoms with E-state index in [4.69, 9.17) is 16.3 Å². The molecule has 0 atom stereocenters. The highest BCUT2D eigenvalue weighted by Crippen LogP contribution is 2.28. The molecule has 1 N–H and O–H groups in total. The van der Waals surface area contributed by atoms with Gasteiger partial charge in [-0.25, -0.2) is 8.42 Å². The Morgan fingerprint density at radius 3 is 2.34 bits per heavy atom. The number of likely N-dealkylation sites (N-methyl/N-ethyl adjacent to an activating group) is 1. The van der Waals surface area contributed by atoms with Crippen molar-refractivity contribution in [1.29, 1.82) is 0 Å². The molecule has 0 unspecified atom stereocenters. The molecule has 0 radical (unpaired) electrons. The lowest BCUT2D eigenvalue weighted by atomic mass is 10.2. The van der Waals surface area contributed by atoms with Gasteiger partial charge in [0.1, 0.15) is 5.75 Å². The highest BCUT2D eigenvalue weighted by Gasteiger charge is 2.19. The maximum absolute atomic E-state index is 12.6. The minimum absolute atomic E-state index is 0.131. The van der Waals surface area contributed by atoms with Gasteiger partial charge in [0.15, 0.2) is 16.4 Å². The summed E-state index contributed by atoms with van der Waals surface area (Å²) in [7, 11) is -3.78. The number of benzene rings is 2. The van der Waals surface area contributed by atoms with E-state index in [1.54, 1.807) is 4.90 Å². The number of carbonyl (C=O) groups excluding carboxylic acids is 2. The molecule has 0 aliphatic heterocycles. The predicted octanol–water partition coefficient (Wildman–Crippen LogP) is 3.15. The van der Waals surface area contributed by atoms with Gasteiger partial charge in [-0.3, -0.25) is 19.7 Å². The molecule has 2 aromatic carbocycles. The largest absolute Gasteiger partial charge is 0.482 e. The van der Waals surface area contributed by atoms with Crippen molar-refractivity contribution in [3.05, 3.63) is 57.1 Å². The number of sulfone groups is 1. The summed E-state index contributed by atoms with van der Waals surface area (Å²) in [6, 6.07) is 7.22. The van der Waals surface area contributed by atoms with Gasteiger partial charge in [0.05, 0.1) is 14.8 Å². The molecule has 0 bridgehead atoms. The van der Waals surface area contributed by atoms with Gasteiger partial charge in [-0.1, -0.05) is 11.6 Å². The first-order valence-electron chi connectivity index (χ1n) is 9.47. The van der Waals surface area contributed by atoms with E-state index in [1.807, 2.05) is 13.8 Å². The van der Waals surface area contributed by atoms with Crippen LogP contribution in [0.15, 0.2) is 41.3 Å². The van der Waals surface area contributed by atoms with Crippen LogP contribution >= 0.6 is 11.6 Å². The number of nitrogens with zero attached hydrogens (tertiary/aromatic N) is 2. The second kappa shape index (κ2) is 10.4. The number of hydrogen-bond acceptors (Lipinski definition) is 7. The lowest BCUT2D eigenvalue weighted by Crippen LogP contribution is -2.34. The number of nitrogens with one attached hydrogen (secondary N) is 1. The first-order chi connectivity index (χ1) is 15.0. The molecular formula is C20H22ClN3O7S. The van der Waals surface area contributed by atoms with Gasteiger partial charge < -0.3 is 15.0 Å². The number of halogens is 1. The summed E-state index contributed by atoms with van der Waals surface area (Å²) in [5.74, 6) is -0.726. The van der Waals surface area contributed by atoms with Crippen LogP contribution in [0.3, 0.4) is 0 Å². The van der Waals surface area contributed by atoms with Crippen LogP contribution in [0.4, 0.5) is 11.4 Å². The summed E-state index contributed by atoms with van der Waals surface area (Å²) >= 11 is 6.17. The van der Waals surface area contributed by atoms with Crippen LogP contribution < -0.4 is 10.1 Å². The molecule has 0 aromatic heterocycles. The second-order valence-electron chi connectivity index (χ2n) is 6.70. The maximum Gasteiger partial charge on any atom is 0.271 e. The number of carbonyl (C=O) groups is 2. The Morgan fingerprint density at radius 1 is 1.16 bits per heavy atom. The Balaban J connectivity index is 2.19. The van der Waals surface area contributed by atoms with Crippen LogP contribution in [0.1, 0.15) is 24.2 Å². The third kappa shape index (κ3) is 6.41. The topological polar surface area (TPSA) is 136 Å². The number of hydrogen-bond donors (Lipinski definition) is 1. The lowest BCUT2D eigenvalue weighted by Gasteiger charge is -2.19. The van der Waals surface area contributed by atoms with Gasteiger partial charge in [-0.15, -0.1) is 0 Å². The van der Waals surface area contributed by atoms with Gasteiger partial charge in [0.25, 0.3) is 17.5 Å². The van der Waals surface area contributed by atoms with Crippen LogP contribution in [0.2, 0.25) is 5.02 Å². The van der Waals surface area contributed by atoms with Crippen molar-refractivity contribution < 1.29 is 27.7 Å². The molecule has 172 valence electrons. The van der Waals surface area contributed by atoms with Crippen LogP contribution in [-0.4, -0.2) is 56.0 Å². The van der Waals surface area contributed by atoms with E-state index in [0.29, 0.717) is 13.1 Å². The highest BCUT2D eigenvalue weighted by molar-refractivity contribution is 7.90. The van der Waals surface area contributed by atoms with Crippen molar-refractivity contribution in [2.24, 2.45) is 0 Å². The molecule has 0 saturated heterocycles. The molecule has 32 heavy (non-hydrogen) atoms. The monoisotopic (exact) mass is 483 g/mol. The van der Waals surface area contributed by atoms with Gasteiger partial charge >= 0.3 is 0 Å². The SMILES string of the molecule is CCN(CC)C(=O)COc1ccc(NC(=O)c2cc([N+](=O)[O-])cc(S(C)(=O)=O)c2)cc1Cl. The van der Waals surface area contributed by atoms with E-state index in [-0.39, 0.29) is 39.4 Å². The van der Waals surface area contributed by atoms with Crippen LogP contribution in [0.25, 0.3) is 0 Å². The van der Waals surface area contributed by atoms with Crippen molar-refractivity contribution in [2.75, 3.05) is 31.3 Å². The average molecular weight is 484 g/mol. The summed E-state index contributed by atoms with van der Waals surface area (Å²) in [6.07, 6.45) is 0.886. The number of amides is 2. The van der Waals surface area contributed by atoms with Crippen molar-refractivity contribution in [2.45, 2.75) is 18.7 Å². The standard InChI is InChI=1S/C20H22ClN3O7S/c1-4-23(5-2)19(25)12-31-18-7-6-14(10-17(18)21)22-20(26)13-8-15(24(27)28)11-16(9-13)32(3,29)30/h6-11H,4-5,12H2,1-3H3,(H,22,26). The van der Waals surface area contributed by atoms with Crippen molar-refractivity contribution in [3.63, 3.8) is 0 Å². The second-order valence-corrected chi connectivity index (χ2v) is 9.12. The highest BCUT2D eigenvalue weighted by atomic mass is 35.5. The molecule has 0 aliphatic carbocycles. The smallest absolute Gasteiger partial charge is 0.271 e. The van der Waals surface area contributed by atoms with Crippen molar-refractivity contribution >= 4 is 44.6 Å². The Hall–Kier alpha value is -3.18. The number of non-ortho nitro benzene ring substituents is 1. The number of ether oxygens (including phenoxy) is 1. The predicted molar refractivity (Wildman–Crippen MR) is 119 cm³/mol. The summed E-state index contributed by atoms with van der Waals surface area (Å²) in [6.45, 7) is 4.61. The van der Waals surface area contributed by atoms with E-state index in [1.165, 1.54) is 18.2 Å². The molecule has 0 fully saturated rings. The summed E-state index contributed by atoms with van der Waals surface area (Å²) in [5.41, 5.74) is -0.492. The fourth-order valence-corrected chi connectivity index (χ4v) is 3.65. The van der Waals surface area contributed by atoms with Crippen molar-refractivity contribution in [1.82, 2.24) is 4.90 Å². The zero-order valence-electron chi connectivity index (χ0n) is 17.6. The summed E-state index contributed by atoms with van der Waals surface area (Å²) in [4.78, 5) is 36.2. The molecule has 2 aromatic rings. The zero-order valence-corrected chi connectivity index (χ0v) is 19.2. The van der Waals surface area contributed by atoms with Crippen molar-refractivity contribution in [3.8, 4) is 5.75 Å². The van der Waals surface area contributed by atoms with E-state index in [9.17, 15) is 28.1 Å². The third-order valence-corrected chi connectivity index (χ3v) is 5.84. The molecule has 0 aliphatic rings. The van der Waals surface area contributed by atoms with E-state index in [0.717, 1.165) is 24.5 Å². The number of anilines is 1. The molecule has 10 nitrogen and oxygen atoms in total. The lowest BCUT2D eigenvalue weighted by molar-refractivity contribution is -0.385. The Labute approximate surface area is 190 Å². The van der Waals surface area contributed by atoms with Crippen LogP contribution in [0, 0.1) is 10.1 Å². The molecule has 0 saturated carbocycles. The Bertz CT molecular complexity index is 1150. The molecule has 2 amide bonds. The normalized spacial score (nSPS) is 11.0. The van der Waals surface area contributed by atoms with Gasteiger partial charge in [0.2, 0.25) is 0 Å². The first-order valence-corrected chi connectivity index (χ1v) is 11.7. The minimum Gasteiger partial charge on any atom is -0.482 e. The van der Waals surface area contributed by atoms with E-state index < -0.39 is 26.4 Å². The zero-order chi connectivity index (χ0) is 24.1. The first kappa shape index (κ1) is 25.1. The van der Waals surface area contributed by atoms with Gasteiger partial charge in [-0.2, -0.15) is 0 Å². The minimum atomic E-state index is -3.78. The molecular weight excluding hydrogens is 462 g/mol. The van der Waals surface area contributed by atoms with Gasteiger partial charge in [-0.05, 0) is 38.1 Å². The van der Waals surface area contributed by atoms with E-state index >= 15 is 0 Å². The fraction of sp³-hybridized carbons (Fsp3) is 0.300. The summed E-state index contributed by atoms with van der Waals surface area (Å²) < 4.78 is 29.0. The molecule has 12 heteroatoms. The van der Waals surface area contributed by atoms with Crippen LogP contribution in [0.5, 0.6) is 5.75 Å². The summed E-state index contributed by atoms with van der Waals surface area (Å²) in [5, 5.41) is 13.7.